The Balaban J connectivity index is 2.67. The quantitative estimate of drug-likeness (QED) is 0.787. The van der Waals surface area contributed by atoms with Gasteiger partial charge in [0.1, 0.15) is 0 Å². The van der Waals surface area contributed by atoms with Gasteiger partial charge in [-0.15, -0.1) is 10.2 Å². The highest BCUT2D eigenvalue weighted by molar-refractivity contribution is 4.92. The van der Waals surface area contributed by atoms with E-state index in [4.69, 9.17) is 10.2 Å². The summed E-state index contributed by atoms with van der Waals surface area (Å²) < 4.78 is 5.50. The van der Waals surface area contributed by atoms with Gasteiger partial charge in [0.05, 0.1) is 6.04 Å². The lowest BCUT2D eigenvalue weighted by Gasteiger charge is -2.04. The van der Waals surface area contributed by atoms with Gasteiger partial charge in [-0.2, -0.15) is 0 Å². The van der Waals surface area contributed by atoms with Crippen LogP contribution in [-0.2, 0) is 0 Å². The summed E-state index contributed by atoms with van der Waals surface area (Å²) >= 11 is 0. The molecule has 0 saturated heterocycles. The highest BCUT2D eigenvalue weighted by atomic mass is 16.4. The zero-order valence-electron chi connectivity index (χ0n) is 9.16. The molecule has 0 spiro atoms. The van der Waals surface area contributed by atoms with Crippen LogP contribution in [0.25, 0.3) is 0 Å². The number of nitrogens with two attached hydrogens (primary N) is 1. The van der Waals surface area contributed by atoms with Gasteiger partial charge in [-0.3, -0.25) is 0 Å². The van der Waals surface area contributed by atoms with Crippen LogP contribution in [-0.4, -0.2) is 10.2 Å². The van der Waals surface area contributed by atoms with Crippen molar-refractivity contribution in [3.05, 3.63) is 11.8 Å². The fraction of sp³-hybridized carbons (Fsp3) is 0.800. The molecule has 1 heterocycles. The third-order valence-corrected chi connectivity index (χ3v) is 2.36. The smallest absolute Gasteiger partial charge is 0.233 e. The number of hydrogen-bond donors (Lipinski definition) is 1. The van der Waals surface area contributed by atoms with Crippen LogP contribution >= 0.6 is 0 Å². The fourth-order valence-electron chi connectivity index (χ4n) is 1.33. The molecule has 0 radical (unpaired) electrons. The van der Waals surface area contributed by atoms with E-state index in [9.17, 15) is 0 Å². The molecule has 1 rings (SSSR count). The average Bonchev–Trinajstić information content (AvgIpc) is 2.66. The van der Waals surface area contributed by atoms with E-state index in [0.29, 0.717) is 17.7 Å². The molecule has 2 unspecified atom stereocenters. The second-order valence-corrected chi connectivity index (χ2v) is 3.68. The summed E-state index contributed by atoms with van der Waals surface area (Å²) in [6, 6.07) is -0.120. The van der Waals surface area contributed by atoms with E-state index in [1.807, 2.05) is 6.92 Å². The Labute approximate surface area is 84.9 Å². The molecule has 0 saturated carbocycles. The molecule has 0 aliphatic heterocycles. The molecule has 80 valence electrons. The van der Waals surface area contributed by atoms with Crippen molar-refractivity contribution in [2.75, 3.05) is 0 Å². The van der Waals surface area contributed by atoms with Crippen LogP contribution in [0.2, 0.25) is 0 Å². The highest BCUT2D eigenvalue weighted by Gasteiger charge is 2.16. The minimum Gasteiger partial charge on any atom is -0.423 e. The van der Waals surface area contributed by atoms with E-state index in [0.717, 1.165) is 19.3 Å². The topological polar surface area (TPSA) is 64.9 Å². The summed E-state index contributed by atoms with van der Waals surface area (Å²) in [5, 5.41) is 7.96. The second-order valence-electron chi connectivity index (χ2n) is 3.68. The Morgan fingerprint density at radius 1 is 1.29 bits per heavy atom. The number of rotatable bonds is 5. The Morgan fingerprint density at radius 2 is 1.93 bits per heavy atom. The summed E-state index contributed by atoms with van der Waals surface area (Å²) in [6.07, 6.45) is 3.02. The first-order chi connectivity index (χ1) is 6.69. The maximum Gasteiger partial charge on any atom is 0.233 e. The lowest BCUT2D eigenvalue weighted by Crippen LogP contribution is -2.08. The SMILES string of the molecule is CCCC(C)c1nnc(C(N)CC)o1. The molecule has 1 aromatic rings. The first-order valence-electron chi connectivity index (χ1n) is 5.27. The van der Waals surface area contributed by atoms with Gasteiger partial charge >= 0.3 is 0 Å². The van der Waals surface area contributed by atoms with Crippen LogP contribution in [0.15, 0.2) is 4.42 Å². The predicted molar refractivity (Wildman–Crippen MR) is 54.8 cm³/mol. The second kappa shape index (κ2) is 5.10. The minimum absolute atomic E-state index is 0.120. The first kappa shape index (κ1) is 11.2. The third kappa shape index (κ3) is 2.54. The summed E-state index contributed by atoms with van der Waals surface area (Å²) in [7, 11) is 0. The van der Waals surface area contributed by atoms with Crippen molar-refractivity contribution in [1.82, 2.24) is 10.2 Å². The zero-order valence-corrected chi connectivity index (χ0v) is 9.16. The molecule has 4 nitrogen and oxygen atoms in total. The van der Waals surface area contributed by atoms with Crippen LogP contribution < -0.4 is 5.73 Å². The molecular weight excluding hydrogens is 178 g/mol. The van der Waals surface area contributed by atoms with Crippen molar-refractivity contribution < 1.29 is 4.42 Å². The van der Waals surface area contributed by atoms with Crippen molar-refractivity contribution >= 4 is 0 Å². The van der Waals surface area contributed by atoms with Gasteiger partial charge in [-0.05, 0) is 12.8 Å². The molecule has 4 heteroatoms. The van der Waals surface area contributed by atoms with Crippen molar-refractivity contribution in [3.8, 4) is 0 Å². The molecule has 0 aliphatic carbocycles. The van der Waals surface area contributed by atoms with E-state index >= 15 is 0 Å². The summed E-state index contributed by atoms with van der Waals surface area (Å²) in [6.45, 7) is 6.24. The number of aromatic nitrogens is 2. The number of hydrogen-bond acceptors (Lipinski definition) is 4. The predicted octanol–water partition coefficient (Wildman–Crippen LogP) is 2.38. The van der Waals surface area contributed by atoms with Crippen LogP contribution in [0.4, 0.5) is 0 Å². The molecule has 0 amide bonds. The van der Waals surface area contributed by atoms with E-state index in [1.54, 1.807) is 0 Å². The van der Waals surface area contributed by atoms with E-state index < -0.39 is 0 Å². The molecule has 2 atom stereocenters. The Bertz CT molecular complexity index is 272. The van der Waals surface area contributed by atoms with Crippen LogP contribution in [0.1, 0.15) is 63.8 Å². The maximum atomic E-state index is 5.79. The van der Waals surface area contributed by atoms with Gasteiger partial charge in [0, 0.05) is 5.92 Å². The molecule has 0 fully saturated rings. The van der Waals surface area contributed by atoms with Crippen molar-refractivity contribution in [3.63, 3.8) is 0 Å². The molecule has 14 heavy (non-hydrogen) atoms. The molecule has 0 bridgehead atoms. The van der Waals surface area contributed by atoms with Crippen molar-refractivity contribution in [2.45, 2.75) is 52.0 Å². The summed E-state index contributed by atoms with van der Waals surface area (Å²) in [5.74, 6) is 1.61. The van der Waals surface area contributed by atoms with Gasteiger partial charge in [0.15, 0.2) is 0 Å². The Morgan fingerprint density at radius 3 is 2.50 bits per heavy atom. The van der Waals surface area contributed by atoms with Crippen molar-refractivity contribution in [1.29, 1.82) is 0 Å². The van der Waals surface area contributed by atoms with E-state index in [1.165, 1.54) is 0 Å². The van der Waals surface area contributed by atoms with Crippen LogP contribution in [0.3, 0.4) is 0 Å². The molecule has 0 aliphatic rings. The van der Waals surface area contributed by atoms with Crippen LogP contribution in [0, 0.1) is 0 Å². The highest BCUT2D eigenvalue weighted by Crippen LogP contribution is 2.21. The van der Waals surface area contributed by atoms with Gasteiger partial charge in [0.25, 0.3) is 0 Å². The minimum atomic E-state index is -0.120. The molecule has 2 N–H and O–H groups in total. The lowest BCUT2D eigenvalue weighted by molar-refractivity contribution is 0.387. The van der Waals surface area contributed by atoms with Gasteiger partial charge in [-0.1, -0.05) is 27.2 Å². The first-order valence-corrected chi connectivity index (χ1v) is 5.27. The standard InChI is InChI=1S/C10H19N3O/c1-4-6-7(3)9-12-13-10(14-9)8(11)5-2/h7-8H,4-6,11H2,1-3H3. The third-order valence-electron chi connectivity index (χ3n) is 2.36. The maximum absolute atomic E-state index is 5.79. The molecule has 1 aromatic heterocycles. The van der Waals surface area contributed by atoms with Gasteiger partial charge in [-0.25, -0.2) is 0 Å². The van der Waals surface area contributed by atoms with E-state index in [-0.39, 0.29) is 6.04 Å². The summed E-state index contributed by atoms with van der Waals surface area (Å²) in [4.78, 5) is 0. The van der Waals surface area contributed by atoms with E-state index in [2.05, 4.69) is 24.0 Å². The van der Waals surface area contributed by atoms with Crippen molar-refractivity contribution in [2.24, 2.45) is 5.73 Å². The monoisotopic (exact) mass is 197 g/mol. The fourth-order valence-corrected chi connectivity index (χ4v) is 1.33. The largest absolute Gasteiger partial charge is 0.423 e. The average molecular weight is 197 g/mol. The molecule has 0 aromatic carbocycles. The Hall–Kier alpha value is -0.900. The normalized spacial score (nSPS) is 15.4. The van der Waals surface area contributed by atoms with Gasteiger partial charge in [0.2, 0.25) is 11.8 Å². The Kier molecular flexibility index (Phi) is 4.07. The molecular formula is C10H19N3O. The lowest BCUT2D eigenvalue weighted by atomic mass is 10.1. The van der Waals surface area contributed by atoms with Crippen LogP contribution in [0.5, 0.6) is 0 Å². The van der Waals surface area contributed by atoms with Gasteiger partial charge < -0.3 is 10.2 Å². The number of nitrogens with zero attached hydrogens (tertiary/aromatic N) is 2. The zero-order chi connectivity index (χ0) is 10.6. The summed E-state index contributed by atoms with van der Waals surface area (Å²) in [5.41, 5.74) is 5.79.